The van der Waals surface area contributed by atoms with Crippen LogP contribution in [0.15, 0.2) is 36.4 Å². The molecular weight excluding hydrogens is 310 g/mol. The fourth-order valence-electron chi connectivity index (χ4n) is 1.83. The molecule has 0 amide bonds. The Labute approximate surface area is 132 Å². The van der Waals surface area contributed by atoms with Gasteiger partial charge in [0.15, 0.2) is 0 Å². The van der Waals surface area contributed by atoms with E-state index in [0.717, 1.165) is 17.3 Å². The number of hydrogen-bond donors (Lipinski definition) is 2. The van der Waals surface area contributed by atoms with Gasteiger partial charge in [0.2, 0.25) is 0 Å². The first-order valence-electron chi connectivity index (χ1n) is 6.57. The van der Waals surface area contributed by atoms with E-state index in [1.165, 1.54) is 10.9 Å². The van der Waals surface area contributed by atoms with Gasteiger partial charge in [-0.25, -0.2) is 4.79 Å². The molecule has 2 N–H and O–H groups in total. The molecular formula is C15H16ClNO3S. The minimum Gasteiger partial charge on any atom is -0.491 e. The van der Waals surface area contributed by atoms with Gasteiger partial charge in [0.05, 0.1) is 4.34 Å². The Morgan fingerprint density at radius 1 is 1.24 bits per heavy atom. The van der Waals surface area contributed by atoms with E-state index in [2.05, 4.69) is 5.32 Å². The number of para-hydroxylation sites is 1. The predicted molar refractivity (Wildman–Crippen MR) is 84.8 cm³/mol. The van der Waals surface area contributed by atoms with Crippen molar-refractivity contribution in [1.29, 1.82) is 0 Å². The van der Waals surface area contributed by atoms with Crippen molar-refractivity contribution in [3.63, 3.8) is 0 Å². The molecule has 112 valence electrons. The van der Waals surface area contributed by atoms with Crippen molar-refractivity contribution in [3.05, 3.63) is 51.2 Å². The van der Waals surface area contributed by atoms with Gasteiger partial charge >= 0.3 is 5.97 Å². The molecule has 4 nitrogen and oxygen atoms in total. The zero-order valence-corrected chi connectivity index (χ0v) is 12.9. The van der Waals surface area contributed by atoms with Crippen LogP contribution in [-0.2, 0) is 6.42 Å². The number of thiophene rings is 1. The van der Waals surface area contributed by atoms with E-state index < -0.39 is 5.97 Å². The Morgan fingerprint density at radius 3 is 2.76 bits per heavy atom. The number of carboxylic acids is 1. The van der Waals surface area contributed by atoms with E-state index >= 15 is 0 Å². The molecule has 0 unspecified atom stereocenters. The molecule has 0 atom stereocenters. The Bertz CT molecular complexity index is 600. The number of ether oxygens (including phenoxy) is 1. The maximum absolute atomic E-state index is 11.0. The monoisotopic (exact) mass is 325 g/mol. The van der Waals surface area contributed by atoms with Gasteiger partial charge in [-0.2, -0.15) is 0 Å². The molecule has 0 aliphatic carbocycles. The standard InChI is InChI=1S/C15H16ClNO3S/c16-14-6-5-11(21-14)7-8-17-9-10-20-13-4-2-1-3-12(13)15(18)19/h1-6,17H,7-10H2,(H,18,19). The average Bonchev–Trinajstić information content (AvgIpc) is 2.88. The minimum absolute atomic E-state index is 0.186. The van der Waals surface area contributed by atoms with Crippen molar-refractivity contribution in [2.45, 2.75) is 6.42 Å². The molecule has 1 heterocycles. The van der Waals surface area contributed by atoms with E-state index in [9.17, 15) is 4.79 Å². The van der Waals surface area contributed by atoms with Crippen LogP contribution in [0.1, 0.15) is 15.2 Å². The summed E-state index contributed by atoms with van der Waals surface area (Å²) in [4.78, 5) is 12.3. The molecule has 1 aromatic heterocycles. The highest BCUT2D eigenvalue weighted by Crippen LogP contribution is 2.21. The maximum Gasteiger partial charge on any atom is 0.339 e. The lowest BCUT2D eigenvalue weighted by Crippen LogP contribution is -2.23. The average molecular weight is 326 g/mol. The Kier molecular flexibility index (Phi) is 6.04. The van der Waals surface area contributed by atoms with Crippen LogP contribution in [0.3, 0.4) is 0 Å². The minimum atomic E-state index is -0.979. The van der Waals surface area contributed by atoms with E-state index in [-0.39, 0.29) is 5.56 Å². The molecule has 0 spiro atoms. The van der Waals surface area contributed by atoms with Gasteiger partial charge in [0.1, 0.15) is 17.9 Å². The van der Waals surface area contributed by atoms with Crippen LogP contribution in [-0.4, -0.2) is 30.8 Å². The van der Waals surface area contributed by atoms with E-state index in [4.69, 9.17) is 21.4 Å². The van der Waals surface area contributed by atoms with E-state index in [1.807, 2.05) is 12.1 Å². The summed E-state index contributed by atoms with van der Waals surface area (Å²) in [5.74, 6) is -0.579. The van der Waals surface area contributed by atoms with E-state index in [1.54, 1.807) is 29.5 Å². The van der Waals surface area contributed by atoms with Gasteiger partial charge in [0, 0.05) is 18.0 Å². The summed E-state index contributed by atoms with van der Waals surface area (Å²) in [5, 5.41) is 12.3. The van der Waals surface area contributed by atoms with Crippen molar-refractivity contribution < 1.29 is 14.6 Å². The van der Waals surface area contributed by atoms with Crippen LogP contribution in [0, 0.1) is 0 Å². The van der Waals surface area contributed by atoms with Crippen LogP contribution in [0.25, 0.3) is 0 Å². The van der Waals surface area contributed by atoms with Crippen LogP contribution in [0.4, 0.5) is 0 Å². The number of nitrogens with one attached hydrogen (secondary N) is 1. The summed E-state index contributed by atoms with van der Waals surface area (Å²) in [6, 6.07) is 10.6. The van der Waals surface area contributed by atoms with Crippen molar-refractivity contribution in [2.24, 2.45) is 0 Å². The summed E-state index contributed by atoms with van der Waals surface area (Å²) in [6.07, 6.45) is 0.920. The molecule has 0 aliphatic heterocycles. The number of halogens is 1. The SMILES string of the molecule is O=C(O)c1ccccc1OCCNCCc1ccc(Cl)s1. The third-order valence-electron chi connectivity index (χ3n) is 2.83. The summed E-state index contributed by atoms with van der Waals surface area (Å²) in [5.41, 5.74) is 0.186. The summed E-state index contributed by atoms with van der Waals surface area (Å²) in [6.45, 7) is 1.92. The fraction of sp³-hybridized carbons (Fsp3) is 0.267. The van der Waals surface area contributed by atoms with Crippen LogP contribution < -0.4 is 10.1 Å². The quantitative estimate of drug-likeness (QED) is 0.731. The number of carboxylic acid groups (broad SMARTS) is 1. The zero-order valence-electron chi connectivity index (χ0n) is 11.3. The number of benzene rings is 1. The van der Waals surface area contributed by atoms with Gasteiger partial charge < -0.3 is 15.2 Å². The van der Waals surface area contributed by atoms with Gasteiger partial charge in [-0.1, -0.05) is 23.7 Å². The summed E-state index contributed by atoms with van der Waals surface area (Å²) >= 11 is 7.44. The Balaban J connectivity index is 1.67. The molecule has 2 rings (SSSR count). The highest BCUT2D eigenvalue weighted by atomic mass is 35.5. The third kappa shape index (κ3) is 5.04. The van der Waals surface area contributed by atoms with E-state index in [0.29, 0.717) is 18.9 Å². The van der Waals surface area contributed by atoms with Crippen LogP contribution in [0.2, 0.25) is 4.34 Å². The molecule has 0 bridgehead atoms. The first-order chi connectivity index (χ1) is 10.2. The van der Waals surface area contributed by atoms with Crippen molar-refractivity contribution in [2.75, 3.05) is 19.7 Å². The first kappa shape index (κ1) is 15.8. The van der Waals surface area contributed by atoms with Crippen LogP contribution in [0.5, 0.6) is 5.75 Å². The summed E-state index contributed by atoms with van der Waals surface area (Å²) in [7, 11) is 0. The first-order valence-corrected chi connectivity index (χ1v) is 7.76. The zero-order chi connectivity index (χ0) is 15.1. The van der Waals surface area contributed by atoms with Gasteiger partial charge in [0.25, 0.3) is 0 Å². The second-order valence-corrected chi connectivity index (χ2v) is 6.16. The highest BCUT2D eigenvalue weighted by Gasteiger charge is 2.09. The van der Waals surface area contributed by atoms with Crippen LogP contribution >= 0.6 is 22.9 Å². The number of carbonyl (C=O) groups is 1. The molecule has 0 saturated carbocycles. The normalized spacial score (nSPS) is 10.5. The molecule has 0 fully saturated rings. The molecule has 0 aliphatic rings. The predicted octanol–water partition coefficient (Wildman–Crippen LogP) is 3.31. The van der Waals surface area contributed by atoms with Gasteiger partial charge in [-0.15, -0.1) is 11.3 Å². The highest BCUT2D eigenvalue weighted by molar-refractivity contribution is 7.16. The summed E-state index contributed by atoms with van der Waals surface area (Å²) < 4.78 is 6.30. The maximum atomic E-state index is 11.0. The topological polar surface area (TPSA) is 58.6 Å². The lowest BCUT2D eigenvalue weighted by molar-refractivity contribution is 0.0692. The molecule has 21 heavy (non-hydrogen) atoms. The molecule has 2 aromatic rings. The van der Waals surface area contributed by atoms with Gasteiger partial charge in [-0.05, 0) is 30.7 Å². The number of aromatic carboxylic acids is 1. The Morgan fingerprint density at radius 2 is 2.05 bits per heavy atom. The number of rotatable bonds is 8. The molecule has 6 heteroatoms. The lowest BCUT2D eigenvalue weighted by Gasteiger charge is -2.09. The third-order valence-corrected chi connectivity index (χ3v) is 4.12. The van der Waals surface area contributed by atoms with Crippen molar-refractivity contribution in [1.82, 2.24) is 5.32 Å². The fourth-order valence-corrected chi connectivity index (χ4v) is 2.91. The lowest BCUT2D eigenvalue weighted by atomic mass is 10.2. The largest absolute Gasteiger partial charge is 0.491 e. The molecule has 0 radical (unpaired) electrons. The second kappa shape index (κ2) is 8.02. The van der Waals surface area contributed by atoms with Crippen molar-refractivity contribution >= 4 is 28.9 Å². The number of hydrogen-bond acceptors (Lipinski definition) is 4. The molecule has 0 saturated heterocycles. The Hall–Kier alpha value is -1.56. The molecule has 1 aromatic carbocycles. The smallest absolute Gasteiger partial charge is 0.339 e. The van der Waals surface area contributed by atoms with Crippen molar-refractivity contribution in [3.8, 4) is 5.75 Å². The second-order valence-electron chi connectivity index (χ2n) is 4.36. The van der Waals surface area contributed by atoms with Gasteiger partial charge in [-0.3, -0.25) is 0 Å².